The van der Waals surface area contributed by atoms with Gasteiger partial charge in [0.1, 0.15) is 0 Å². The molecule has 1 unspecified atom stereocenters. The van der Waals surface area contributed by atoms with Gasteiger partial charge in [0.25, 0.3) is 0 Å². The SMILES string of the molecule is CCCCCC(O)c1ccc(-c2ccc(C(F)(F)F)cc2)nc1. The highest BCUT2D eigenvalue weighted by molar-refractivity contribution is 5.59. The molecule has 1 N–H and O–H groups in total. The third-order valence-electron chi connectivity index (χ3n) is 3.76. The number of rotatable bonds is 6. The molecule has 0 fully saturated rings. The fourth-order valence-electron chi connectivity index (χ4n) is 2.36. The first-order valence-corrected chi connectivity index (χ1v) is 7.73. The van der Waals surface area contributed by atoms with Crippen molar-refractivity contribution in [3.05, 3.63) is 53.7 Å². The van der Waals surface area contributed by atoms with Crippen LogP contribution in [0.4, 0.5) is 13.2 Å². The third-order valence-corrected chi connectivity index (χ3v) is 3.76. The molecular formula is C18H20F3NO. The zero-order chi connectivity index (χ0) is 16.9. The fourth-order valence-corrected chi connectivity index (χ4v) is 2.36. The van der Waals surface area contributed by atoms with Crippen LogP contribution in [0, 0.1) is 0 Å². The molecule has 0 spiro atoms. The summed E-state index contributed by atoms with van der Waals surface area (Å²) in [5.41, 5.74) is 1.26. The van der Waals surface area contributed by atoms with E-state index in [0.29, 0.717) is 17.7 Å². The van der Waals surface area contributed by atoms with E-state index in [4.69, 9.17) is 0 Å². The van der Waals surface area contributed by atoms with Crippen molar-refractivity contribution in [1.29, 1.82) is 0 Å². The molecule has 2 nitrogen and oxygen atoms in total. The number of aliphatic hydroxyl groups excluding tert-OH is 1. The van der Waals surface area contributed by atoms with Crippen LogP contribution < -0.4 is 0 Å². The average Bonchev–Trinajstić information content (AvgIpc) is 2.54. The highest BCUT2D eigenvalue weighted by Crippen LogP contribution is 2.30. The van der Waals surface area contributed by atoms with Crippen LogP contribution in [0.2, 0.25) is 0 Å². The van der Waals surface area contributed by atoms with E-state index in [2.05, 4.69) is 11.9 Å². The average molecular weight is 323 g/mol. The van der Waals surface area contributed by atoms with E-state index in [-0.39, 0.29) is 0 Å². The highest BCUT2D eigenvalue weighted by atomic mass is 19.4. The van der Waals surface area contributed by atoms with Crippen molar-refractivity contribution >= 4 is 0 Å². The lowest BCUT2D eigenvalue weighted by Gasteiger charge is -2.11. The van der Waals surface area contributed by atoms with E-state index in [0.717, 1.165) is 37.0 Å². The quantitative estimate of drug-likeness (QED) is 0.724. The Bertz CT molecular complexity index is 606. The first kappa shape index (κ1) is 17.5. The second-order valence-corrected chi connectivity index (χ2v) is 5.56. The summed E-state index contributed by atoms with van der Waals surface area (Å²) >= 11 is 0. The zero-order valence-electron chi connectivity index (χ0n) is 13.0. The minimum Gasteiger partial charge on any atom is -0.388 e. The molecule has 23 heavy (non-hydrogen) atoms. The van der Waals surface area contributed by atoms with Crippen LogP contribution in [-0.2, 0) is 6.18 Å². The zero-order valence-corrected chi connectivity index (χ0v) is 13.0. The number of alkyl halides is 3. The van der Waals surface area contributed by atoms with E-state index >= 15 is 0 Å². The van der Waals surface area contributed by atoms with Crippen LogP contribution in [0.5, 0.6) is 0 Å². The van der Waals surface area contributed by atoms with E-state index in [9.17, 15) is 18.3 Å². The van der Waals surface area contributed by atoms with Gasteiger partial charge in [0.2, 0.25) is 0 Å². The Morgan fingerprint density at radius 1 is 1.04 bits per heavy atom. The number of hydrogen-bond donors (Lipinski definition) is 1. The molecular weight excluding hydrogens is 303 g/mol. The summed E-state index contributed by atoms with van der Waals surface area (Å²) in [5, 5.41) is 10.1. The van der Waals surface area contributed by atoms with Crippen LogP contribution in [-0.4, -0.2) is 10.1 Å². The van der Waals surface area contributed by atoms with Gasteiger partial charge in [-0.1, -0.05) is 44.4 Å². The Morgan fingerprint density at radius 3 is 2.26 bits per heavy atom. The Labute approximate surface area is 134 Å². The maximum Gasteiger partial charge on any atom is 0.416 e. The van der Waals surface area contributed by atoms with Gasteiger partial charge in [0.15, 0.2) is 0 Å². The molecule has 2 rings (SSSR count). The largest absolute Gasteiger partial charge is 0.416 e. The summed E-state index contributed by atoms with van der Waals surface area (Å²) in [4.78, 5) is 4.25. The second kappa shape index (κ2) is 7.59. The molecule has 1 aromatic carbocycles. The fraction of sp³-hybridized carbons (Fsp3) is 0.389. The lowest BCUT2D eigenvalue weighted by atomic mass is 10.0. The minimum absolute atomic E-state index is 0.546. The van der Waals surface area contributed by atoms with Gasteiger partial charge in [-0.25, -0.2) is 0 Å². The van der Waals surface area contributed by atoms with Crippen molar-refractivity contribution in [2.45, 2.75) is 44.9 Å². The predicted octanol–water partition coefficient (Wildman–Crippen LogP) is 5.38. The van der Waals surface area contributed by atoms with Gasteiger partial charge in [0.05, 0.1) is 17.4 Å². The van der Waals surface area contributed by atoms with Crippen LogP contribution in [0.3, 0.4) is 0 Å². The number of benzene rings is 1. The first-order valence-electron chi connectivity index (χ1n) is 7.73. The summed E-state index contributed by atoms with van der Waals surface area (Å²) in [7, 11) is 0. The number of aliphatic hydroxyl groups is 1. The van der Waals surface area contributed by atoms with Crippen molar-refractivity contribution in [3.8, 4) is 11.3 Å². The smallest absolute Gasteiger partial charge is 0.388 e. The van der Waals surface area contributed by atoms with Gasteiger partial charge >= 0.3 is 6.18 Å². The van der Waals surface area contributed by atoms with Crippen LogP contribution >= 0.6 is 0 Å². The van der Waals surface area contributed by atoms with Gasteiger partial charge < -0.3 is 5.11 Å². The molecule has 0 radical (unpaired) electrons. The lowest BCUT2D eigenvalue weighted by Crippen LogP contribution is -2.04. The molecule has 1 aromatic heterocycles. The second-order valence-electron chi connectivity index (χ2n) is 5.56. The summed E-state index contributed by atoms with van der Waals surface area (Å²) in [6, 6.07) is 8.40. The van der Waals surface area contributed by atoms with E-state index in [1.165, 1.54) is 12.1 Å². The van der Waals surface area contributed by atoms with Gasteiger partial charge in [0, 0.05) is 11.8 Å². The monoisotopic (exact) mass is 323 g/mol. The van der Waals surface area contributed by atoms with Crippen molar-refractivity contribution in [3.63, 3.8) is 0 Å². The van der Waals surface area contributed by atoms with Crippen LogP contribution in [0.15, 0.2) is 42.6 Å². The molecule has 0 amide bonds. The summed E-state index contributed by atoms with van der Waals surface area (Å²) in [6.45, 7) is 2.10. The van der Waals surface area contributed by atoms with E-state index < -0.39 is 17.8 Å². The Kier molecular flexibility index (Phi) is 5.77. The summed E-state index contributed by atoms with van der Waals surface area (Å²) in [5.74, 6) is 0. The molecule has 1 heterocycles. The maximum atomic E-state index is 12.5. The first-order chi connectivity index (χ1) is 10.9. The number of unbranched alkanes of at least 4 members (excludes halogenated alkanes) is 2. The molecule has 124 valence electrons. The van der Waals surface area contributed by atoms with Gasteiger partial charge in [-0.05, 0) is 30.2 Å². The lowest BCUT2D eigenvalue weighted by molar-refractivity contribution is -0.137. The molecule has 0 aliphatic rings. The Morgan fingerprint density at radius 2 is 1.74 bits per heavy atom. The number of aromatic nitrogens is 1. The summed E-state index contributed by atoms with van der Waals surface area (Å²) in [6.07, 6.45) is 0.525. The molecule has 0 saturated carbocycles. The number of nitrogens with zero attached hydrogens (tertiary/aromatic N) is 1. The van der Waals surface area contributed by atoms with E-state index in [1.54, 1.807) is 18.3 Å². The molecule has 2 aromatic rings. The van der Waals surface area contributed by atoms with Crippen LogP contribution in [0.25, 0.3) is 11.3 Å². The standard InChI is InChI=1S/C18H20F3NO/c1-2-3-4-5-17(23)14-8-11-16(22-12-14)13-6-9-15(10-7-13)18(19,20)21/h6-12,17,23H,2-5H2,1H3. The van der Waals surface area contributed by atoms with Crippen molar-refractivity contribution < 1.29 is 18.3 Å². The summed E-state index contributed by atoms with van der Waals surface area (Å²) < 4.78 is 37.6. The normalized spacial score (nSPS) is 13.1. The van der Waals surface area contributed by atoms with Crippen LogP contribution in [0.1, 0.15) is 49.8 Å². The molecule has 0 aliphatic carbocycles. The minimum atomic E-state index is -4.33. The number of hydrogen-bond acceptors (Lipinski definition) is 2. The molecule has 0 aliphatic heterocycles. The topological polar surface area (TPSA) is 33.1 Å². The van der Waals surface area contributed by atoms with Gasteiger partial charge in [-0.2, -0.15) is 13.2 Å². The third kappa shape index (κ3) is 4.79. The highest BCUT2D eigenvalue weighted by Gasteiger charge is 2.29. The van der Waals surface area contributed by atoms with Gasteiger partial charge in [-0.15, -0.1) is 0 Å². The molecule has 1 atom stereocenters. The predicted molar refractivity (Wildman–Crippen MR) is 83.8 cm³/mol. The van der Waals surface area contributed by atoms with E-state index in [1.807, 2.05) is 0 Å². The van der Waals surface area contributed by atoms with Gasteiger partial charge in [-0.3, -0.25) is 4.98 Å². The maximum absolute atomic E-state index is 12.5. The molecule has 5 heteroatoms. The Hall–Kier alpha value is -1.88. The number of pyridine rings is 1. The van der Waals surface area contributed by atoms with Crippen molar-refractivity contribution in [1.82, 2.24) is 4.98 Å². The molecule has 0 saturated heterocycles. The Balaban J connectivity index is 2.07. The molecule has 0 bridgehead atoms. The van der Waals surface area contributed by atoms with Crippen molar-refractivity contribution in [2.75, 3.05) is 0 Å². The number of halogens is 3. The van der Waals surface area contributed by atoms with Crippen molar-refractivity contribution in [2.24, 2.45) is 0 Å².